The molecule has 0 aromatic rings. The molecule has 2 heteroatoms. The lowest BCUT2D eigenvalue weighted by molar-refractivity contribution is 0.154. The SMILES string of the molecule is CCCCCCCC(C)N(CCC)CC1CCCNC1. The van der Waals surface area contributed by atoms with Gasteiger partial charge in [-0.3, -0.25) is 0 Å². The molecule has 1 aliphatic rings. The molecule has 0 radical (unpaired) electrons. The molecule has 20 heavy (non-hydrogen) atoms. The van der Waals surface area contributed by atoms with Crippen molar-refractivity contribution in [3.63, 3.8) is 0 Å². The van der Waals surface area contributed by atoms with E-state index in [1.54, 1.807) is 0 Å². The molecule has 0 spiro atoms. The molecule has 1 saturated heterocycles. The Morgan fingerprint density at radius 1 is 1.10 bits per heavy atom. The molecule has 1 fully saturated rings. The third-order valence-electron chi connectivity index (χ3n) is 4.75. The average molecular weight is 283 g/mol. The van der Waals surface area contributed by atoms with Crippen LogP contribution in [0.5, 0.6) is 0 Å². The second-order valence-electron chi connectivity index (χ2n) is 6.76. The Morgan fingerprint density at radius 2 is 1.90 bits per heavy atom. The summed E-state index contributed by atoms with van der Waals surface area (Å²) in [5.41, 5.74) is 0. The number of piperidine rings is 1. The first kappa shape index (κ1) is 18.0. The van der Waals surface area contributed by atoms with Crippen LogP contribution in [0.15, 0.2) is 0 Å². The van der Waals surface area contributed by atoms with Crippen LogP contribution in [0.3, 0.4) is 0 Å². The molecule has 0 aromatic heterocycles. The monoisotopic (exact) mass is 282 g/mol. The van der Waals surface area contributed by atoms with Crippen molar-refractivity contribution in [3.8, 4) is 0 Å². The zero-order valence-corrected chi connectivity index (χ0v) is 14.3. The van der Waals surface area contributed by atoms with Gasteiger partial charge >= 0.3 is 0 Å². The van der Waals surface area contributed by atoms with E-state index in [9.17, 15) is 0 Å². The highest BCUT2D eigenvalue weighted by Gasteiger charge is 2.19. The lowest BCUT2D eigenvalue weighted by atomic mass is 9.97. The number of hydrogen-bond donors (Lipinski definition) is 1. The molecule has 0 aliphatic carbocycles. The molecule has 120 valence electrons. The van der Waals surface area contributed by atoms with Crippen molar-refractivity contribution in [1.29, 1.82) is 0 Å². The molecule has 0 amide bonds. The van der Waals surface area contributed by atoms with Gasteiger partial charge in [-0.15, -0.1) is 0 Å². The van der Waals surface area contributed by atoms with Crippen LogP contribution >= 0.6 is 0 Å². The third kappa shape index (κ3) is 7.64. The van der Waals surface area contributed by atoms with Crippen molar-refractivity contribution in [3.05, 3.63) is 0 Å². The highest BCUT2D eigenvalue weighted by molar-refractivity contribution is 4.76. The summed E-state index contributed by atoms with van der Waals surface area (Å²) in [6.07, 6.45) is 12.5. The maximum Gasteiger partial charge on any atom is 0.00670 e. The van der Waals surface area contributed by atoms with Crippen molar-refractivity contribution in [2.24, 2.45) is 5.92 Å². The third-order valence-corrected chi connectivity index (χ3v) is 4.75. The number of rotatable bonds is 11. The Bertz CT molecular complexity index is 211. The van der Waals surface area contributed by atoms with Gasteiger partial charge in [0.05, 0.1) is 0 Å². The van der Waals surface area contributed by atoms with E-state index >= 15 is 0 Å². The number of unbranched alkanes of at least 4 members (excludes halogenated alkanes) is 4. The quantitative estimate of drug-likeness (QED) is 0.563. The van der Waals surface area contributed by atoms with Gasteiger partial charge in [0.1, 0.15) is 0 Å². The van der Waals surface area contributed by atoms with E-state index in [2.05, 4.69) is 31.0 Å². The summed E-state index contributed by atoms with van der Waals surface area (Å²) in [6, 6.07) is 0.776. The van der Waals surface area contributed by atoms with E-state index in [0.717, 1.165) is 12.0 Å². The van der Waals surface area contributed by atoms with Crippen molar-refractivity contribution in [1.82, 2.24) is 10.2 Å². The highest BCUT2D eigenvalue weighted by Crippen LogP contribution is 2.17. The van der Waals surface area contributed by atoms with Crippen LogP contribution in [-0.2, 0) is 0 Å². The lowest BCUT2D eigenvalue weighted by Gasteiger charge is -2.34. The van der Waals surface area contributed by atoms with Crippen LogP contribution in [0, 0.1) is 5.92 Å². The standard InChI is InChI=1S/C18H38N2/c1-4-6-7-8-9-11-17(3)20(14-5-2)16-18-12-10-13-19-15-18/h17-19H,4-16H2,1-3H3. The second-order valence-corrected chi connectivity index (χ2v) is 6.76. The summed E-state index contributed by atoms with van der Waals surface area (Å²) < 4.78 is 0. The normalized spacial score (nSPS) is 21.3. The van der Waals surface area contributed by atoms with Gasteiger partial charge in [0.2, 0.25) is 0 Å². The van der Waals surface area contributed by atoms with Crippen LogP contribution in [-0.4, -0.2) is 37.1 Å². The molecule has 1 aliphatic heterocycles. The van der Waals surface area contributed by atoms with Gasteiger partial charge in [-0.2, -0.15) is 0 Å². The first-order chi connectivity index (χ1) is 9.77. The minimum Gasteiger partial charge on any atom is -0.316 e. The predicted octanol–water partition coefficient (Wildman–Crippen LogP) is 4.45. The molecule has 0 saturated carbocycles. The minimum atomic E-state index is 0.776. The molecule has 2 nitrogen and oxygen atoms in total. The molecular weight excluding hydrogens is 244 g/mol. The number of hydrogen-bond acceptors (Lipinski definition) is 2. The number of nitrogens with zero attached hydrogens (tertiary/aromatic N) is 1. The van der Waals surface area contributed by atoms with E-state index in [4.69, 9.17) is 0 Å². The first-order valence-electron chi connectivity index (χ1n) is 9.22. The maximum absolute atomic E-state index is 3.56. The zero-order valence-electron chi connectivity index (χ0n) is 14.3. The smallest absolute Gasteiger partial charge is 0.00670 e. The summed E-state index contributed by atoms with van der Waals surface area (Å²) >= 11 is 0. The Morgan fingerprint density at radius 3 is 2.55 bits per heavy atom. The average Bonchev–Trinajstić information content (AvgIpc) is 2.47. The van der Waals surface area contributed by atoms with Gasteiger partial charge in [-0.05, 0) is 58.2 Å². The van der Waals surface area contributed by atoms with Crippen molar-refractivity contribution >= 4 is 0 Å². The van der Waals surface area contributed by atoms with E-state index in [0.29, 0.717) is 0 Å². The topological polar surface area (TPSA) is 15.3 Å². The van der Waals surface area contributed by atoms with Crippen LogP contribution in [0.25, 0.3) is 0 Å². The fraction of sp³-hybridized carbons (Fsp3) is 1.00. The van der Waals surface area contributed by atoms with Crippen molar-refractivity contribution in [2.45, 2.75) is 84.6 Å². The Balaban J connectivity index is 2.23. The van der Waals surface area contributed by atoms with Crippen LogP contribution in [0.1, 0.15) is 78.6 Å². The molecule has 2 atom stereocenters. The molecule has 1 N–H and O–H groups in total. The summed E-state index contributed by atoms with van der Waals surface area (Å²) in [5, 5.41) is 3.56. The van der Waals surface area contributed by atoms with Crippen LogP contribution in [0.2, 0.25) is 0 Å². The van der Waals surface area contributed by atoms with Gasteiger partial charge in [0.25, 0.3) is 0 Å². The molecule has 2 unspecified atom stereocenters. The Labute approximate surface area is 127 Å². The Hall–Kier alpha value is -0.0800. The van der Waals surface area contributed by atoms with E-state index in [1.807, 2.05) is 0 Å². The van der Waals surface area contributed by atoms with Crippen LogP contribution < -0.4 is 5.32 Å². The first-order valence-corrected chi connectivity index (χ1v) is 9.22. The van der Waals surface area contributed by atoms with E-state index in [-0.39, 0.29) is 0 Å². The lowest BCUT2D eigenvalue weighted by Crippen LogP contribution is -2.42. The molecule has 0 bridgehead atoms. The highest BCUT2D eigenvalue weighted by atomic mass is 15.2. The second kappa shape index (κ2) is 11.6. The molecular formula is C18H38N2. The van der Waals surface area contributed by atoms with Gasteiger partial charge in [0, 0.05) is 12.6 Å². The van der Waals surface area contributed by atoms with Crippen molar-refractivity contribution < 1.29 is 0 Å². The summed E-state index contributed by atoms with van der Waals surface area (Å²) in [5.74, 6) is 0.887. The van der Waals surface area contributed by atoms with Gasteiger partial charge in [0.15, 0.2) is 0 Å². The van der Waals surface area contributed by atoms with Gasteiger partial charge < -0.3 is 10.2 Å². The predicted molar refractivity (Wildman–Crippen MR) is 90.3 cm³/mol. The summed E-state index contributed by atoms with van der Waals surface area (Å²) in [6.45, 7) is 12.1. The maximum atomic E-state index is 3.56. The van der Waals surface area contributed by atoms with Gasteiger partial charge in [-0.25, -0.2) is 0 Å². The number of nitrogens with one attached hydrogen (secondary N) is 1. The molecule has 1 heterocycles. The van der Waals surface area contributed by atoms with Crippen LogP contribution in [0.4, 0.5) is 0 Å². The minimum absolute atomic E-state index is 0.776. The van der Waals surface area contributed by atoms with E-state index in [1.165, 1.54) is 84.0 Å². The molecule has 0 aromatic carbocycles. The fourth-order valence-corrected chi connectivity index (χ4v) is 3.42. The van der Waals surface area contributed by atoms with Crippen molar-refractivity contribution in [2.75, 3.05) is 26.2 Å². The fourth-order valence-electron chi connectivity index (χ4n) is 3.42. The van der Waals surface area contributed by atoms with E-state index < -0.39 is 0 Å². The Kier molecular flexibility index (Phi) is 10.4. The largest absolute Gasteiger partial charge is 0.316 e. The van der Waals surface area contributed by atoms with Gasteiger partial charge in [-0.1, -0.05) is 46.0 Å². The molecule has 1 rings (SSSR count). The zero-order chi connectivity index (χ0) is 14.6. The summed E-state index contributed by atoms with van der Waals surface area (Å²) in [4.78, 5) is 2.76. The summed E-state index contributed by atoms with van der Waals surface area (Å²) in [7, 11) is 0.